The maximum absolute atomic E-state index is 13.4. The van der Waals surface area contributed by atoms with Crippen molar-refractivity contribution >= 4 is 17.9 Å². The average Bonchev–Trinajstić information content (AvgIpc) is 3.16. The lowest BCUT2D eigenvalue weighted by Gasteiger charge is -2.44. The van der Waals surface area contributed by atoms with Gasteiger partial charge < -0.3 is 9.80 Å². The number of nitrogens with zero attached hydrogens (tertiary/aromatic N) is 3. The second kappa shape index (κ2) is 7.97. The first-order valence-corrected chi connectivity index (χ1v) is 9.93. The standard InChI is InChI=1S/C23H25N3O2/c27-21(12-11-19-8-2-1-3-9-19)26-17-7-14-23(26)13-6-16-25(22(23)28)18-20-10-4-5-15-24-20/h1-5,8-12,15H,6-7,13-14,16-18H2/b12-11+. The van der Waals surface area contributed by atoms with Crippen molar-refractivity contribution in [3.63, 3.8) is 0 Å². The number of pyridine rings is 1. The normalized spacial score (nSPS) is 22.4. The molecule has 1 spiro atoms. The molecular formula is C23H25N3O2. The molecule has 0 saturated carbocycles. The van der Waals surface area contributed by atoms with Gasteiger partial charge in [0.05, 0.1) is 12.2 Å². The molecule has 5 heteroatoms. The second-order valence-electron chi connectivity index (χ2n) is 7.52. The van der Waals surface area contributed by atoms with Gasteiger partial charge in [-0.25, -0.2) is 0 Å². The van der Waals surface area contributed by atoms with Crippen LogP contribution in [0.25, 0.3) is 6.08 Å². The van der Waals surface area contributed by atoms with E-state index >= 15 is 0 Å². The summed E-state index contributed by atoms with van der Waals surface area (Å²) in [5.41, 5.74) is 1.18. The number of likely N-dealkylation sites (tertiary alicyclic amines) is 2. The molecule has 3 heterocycles. The van der Waals surface area contributed by atoms with Gasteiger partial charge in [-0.3, -0.25) is 14.6 Å². The summed E-state index contributed by atoms with van der Waals surface area (Å²) in [7, 11) is 0. The molecule has 2 aliphatic heterocycles. The molecule has 1 aromatic carbocycles. The molecule has 2 fully saturated rings. The smallest absolute Gasteiger partial charge is 0.248 e. The summed E-state index contributed by atoms with van der Waals surface area (Å²) in [6, 6.07) is 15.5. The van der Waals surface area contributed by atoms with Crippen LogP contribution in [0, 0.1) is 0 Å². The second-order valence-corrected chi connectivity index (χ2v) is 7.52. The molecule has 5 nitrogen and oxygen atoms in total. The van der Waals surface area contributed by atoms with E-state index in [0.717, 1.165) is 43.5 Å². The minimum absolute atomic E-state index is 0.0726. The minimum Gasteiger partial charge on any atom is -0.335 e. The van der Waals surface area contributed by atoms with Crippen LogP contribution in [0.15, 0.2) is 60.8 Å². The Morgan fingerprint density at radius 1 is 1.04 bits per heavy atom. The lowest BCUT2D eigenvalue weighted by molar-refractivity contribution is -0.154. The maximum Gasteiger partial charge on any atom is 0.248 e. The summed E-state index contributed by atoms with van der Waals surface area (Å²) in [5, 5.41) is 0. The molecule has 0 aliphatic carbocycles. The molecule has 4 rings (SSSR count). The summed E-state index contributed by atoms with van der Waals surface area (Å²) >= 11 is 0. The molecule has 0 N–H and O–H groups in total. The van der Waals surface area contributed by atoms with Gasteiger partial charge in [0.1, 0.15) is 5.54 Å². The van der Waals surface area contributed by atoms with Crippen LogP contribution in [0.1, 0.15) is 36.9 Å². The zero-order chi connectivity index (χ0) is 19.4. The van der Waals surface area contributed by atoms with E-state index in [2.05, 4.69) is 4.98 Å². The average molecular weight is 375 g/mol. The van der Waals surface area contributed by atoms with Crippen molar-refractivity contribution < 1.29 is 9.59 Å². The highest BCUT2D eigenvalue weighted by atomic mass is 16.2. The number of piperidine rings is 1. The molecule has 28 heavy (non-hydrogen) atoms. The van der Waals surface area contributed by atoms with E-state index in [1.807, 2.05) is 59.5 Å². The Morgan fingerprint density at radius 2 is 1.79 bits per heavy atom. The van der Waals surface area contributed by atoms with Gasteiger partial charge in [0.15, 0.2) is 0 Å². The van der Waals surface area contributed by atoms with Crippen LogP contribution in [0.2, 0.25) is 0 Å². The number of carbonyl (C=O) groups excluding carboxylic acids is 2. The zero-order valence-corrected chi connectivity index (χ0v) is 16.0. The van der Waals surface area contributed by atoms with E-state index in [9.17, 15) is 9.59 Å². The van der Waals surface area contributed by atoms with Crippen LogP contribution in [0.4, 0.5) is 0 Å². The van der Waals surface area contributed by atoms with Gasteiger partial charge in [-0.1, -0.05) is 36.4 Å². The third-order valence-electron chi connectivity index (χ3n) is 5.76. The maximum atomic E-state index is 13.4. The fourth-order valence-electron chi connectivity index (χ4n) is 4.41. The van der Waals surface area contributed by atoms with Crippen molar-refractivity contribution in [1.29, 1.82) is 0 Å². The van der Waals surface area contributed by atoms with Gasteiger partial charge in [0.25, 0.3) is 0 Å². The summed E-state index contributed by atoms with van der Waals surface area (Å²) in [6.45, 7) is 1.86. The Labute approximate surface area is 165 Å². The summed E-state index contributed by atoms with van der Waals surface area (Å²) in [4.78, 5) is 34.4. The SMILES string of the molecule is O=C(/C=C/c1ccccc1)N1CCCC12CCCN(Cc1ccccn1)C2=O. The predicted octanol–water partition coefficient (Wildman–Crippen LogP) is 3.28. The lowest BCUT2D eigenvalue weighted by Crippen LogP contribution is -2.60. The molecule has 1 unspecified atom stereocenters. The van der Waals surface area contributed by atoms with Crippen LogP contribution in [0.5, 0.6) is 0 Å². The van der Waals surface area contributed by atoms with Crippen molar-refractivity contribution in [3.8, 4) is 0 Å². The molecule has 1 atom stereocenters. The van der Waals surface area contributed by atoms with Crippen LogP contribution in [0.3, 0.4) is 0 Å². The van der Waals surface area contributed by atoms with Crippen LogP contribution in [-0.2, 0) is 16.1 Å². The van der Waals surface area contributed by atoms with E-state index in [4.69, 9.17) is 0 Å². The highest BCUT2D eigenvalue weighted by Gasteiger charge is 2.52. The minimum atomic E-state index is -0.689. The monoisotopic (exact) mass is 375 g/mol. The summed E-state index contributed by atoms with van der Waals surface area (Å²) < 4.78 is 0. The Kier molecular flexibility index (Phi) is 5.24. The first-order chi connectivity index (χ1) is 13.7. The van der Waals surface area contributed by atoms with E-state index in [1.54, 1.807) is 17.2 Å². The Hall–Kier alpha value is -2.95. The Bertz CT molecular complexity index is 866. The number of hydrogen-bond donors (Lipinski definition) is 0. The van der Waals surface area contributed by atoms with Gasteiger partial charge in [0.2, 0.25) is 11.8 Å². The Morgan fingerprint density at radius 3 is 2.54 bits per heavy atom. The van der Waals surface area contributed by atoms with Crippen molar-refractivity contribution in [2.75, 3.05) is 13.1 Å². The van der Waals surface area contributed by atoms with Crippen molar-refractivity contribution in [2.45, 2.75) is 37.8 Å². The lowest BCUT2D eigenvalue weighted by atomic mass is 9.85. The quantitative estimate of drug-likeness (QED) is 0.771. The number of hydrogen-bond acceptors (Lipinski definition) is 3. The van der Waals surface area contributed by atoms with Gasteiger partial charge in [-0.15, -0.1) is 0 Å². The van der Waals surface area contributed by atoms with Crippen molar-refractivity contribution in [3.05, 3.63) is 72.1 Å². The van der Waals surface area contributed by atoms with Crippen LogP contribution >= 0.6 is 0 Å². The van der Waals surface area contributed by atoms with E-state index < -0.39 is 5.54 Å². The molecule has 2 aliphatic rings. The van der Waals surface area contributed by atoms with Crippen LogP contribution < -0.4 is 0 Å². The van der Waals surface area contributed by atoms with Crippen molar-refractivity contribution in [1.82, 2.24) is 14.8 Å². The van der Waals surface area contributed by atoms with E-state index in [-0.39, 0.29) is 11.8 Å². The first kappa shape index (κ1) is 18.4. The third kappa shape index (κ3) is 3.57. The summed E-state index contributed by atoms with van der Waals surface area (Å²) in [5.74, 6) is -0.00208. The molecule has 2 saturated heterocycles. The van der Waals surface area contributed by atoms with Gasteiger partial charge in [-0.2, -0.15) is 0 Å². The topological polar surface area (TPSA) is 53.5 Å². The molecule has 0 radical (unpaired) electrons. The van der Waals surface area contributed by atoms with Gasteiger partial charge in [0, 0.05) is 25.4 Å². The fourth-order valence-corrected chi connectivity index (χ4v) is 4.41. The molecule has 1 aromatic heterocycles. The molecule has 2 aromatic rings. The van der Waals surface area contributed by atoms with Crippen molar-refractivity contribution in [2.24, 2.45) is 0 Å². The number of rotatable bonds is 4. The van der Waals surface area contributed by atoms with E-state index in [0.29, 0.717) is 13.1 Å². The Balaban J connectivity index is 1.52. The summed E-state index contributed by atoms with van der Waals surface area (Å²) in [6.07, 6.45) is 8.45. The van der Waals surface area contributed by atoms with E-state index in [1.165, 1.54) is 0 Å². The number of amides is 2. The predicted molar refractivity (Wildman–Crippen MR) is 108 cm³/mol. The molecule has 144 valence electrons. The molecule has 2 amide bonds. The first-order valence-electron chi connectivity index (χ1n) is 9.93. The number of carbonyl (C=O) groups is 2. The fraction of sp³-hybridized carbons (Fsp3) is 0.348. The number of aromatic nitrogens is 1. The third-order valence-corrected chi connectivity index (χ3v) is 5.76. The molecule has 0 bridgehead atoms. The van der Waals surface area contributed by atoms with Gasteiger partial charge >= 0.3 is 0 Å². The zero-order valence-electron chi connectivity index (χ0n) is 16.0. The van der Waals surface area contributed by atoms with Gasteiger partial charge in [-0.05, 0) is 49.5 Å². The highest BCUT2D eigenvalue weighted by molar-refractivity contribution is 5.98. The highest BCUT2D eigenvalue weighted by Crippen LogP contribution is 2.38. The number of benzene rings is 1. The largest absolute Gasteiger partial charge is 0.335 e. The molecular weight excluding hydrogens is 350 g/mol. The van der Waals surface area contributed by atoms with Crippen LogP contribution in [-0.4, -0.2) is 45.2 Å².